The first kappa shape index (κ1) is 15.1. The lowest BCUT2D eigenvalue weighted by molar-refractivity contribution is 0.305. The van der Waals surface area contributed by atoms with Crippen LogP contribution in [0.3, 0.4) is 0 Å². The molecule has 0 unspecified atom stereocenters. The monoisotopic (exact) mass is 309 g/mol. The van der Waals surface area contributed by atoms with Crippen LogP contribution in [0.5, 0.6) is 5.75 Å². The fraction of sp³-hybridized carbons (Fsp3) is 0.312. The lowest BCUT2D eigenvalue weighted by atomic mass is 9.87. The average Bonchev–Trinajstić information content (AvgIpc) is 2.37. The zero-order valence-electron chi connectivity index (χ0n) is 11.8. The molecule has 2 rings (SSSR count). The number of rotatable bonds is 3. The highest BCUT2D eigenvalue weighted by Crippen LogP contribution is 2.25. The van der Waals surface area contributed by atoms with E-state index >= 15 is 0 Å². The topological polar surface area (TPSA) is 22.1 Å². The molecule has 0 fully saturated rings. The lowest BCUT2D eigenvalue weighted by Crippen LogP contribution is -2.10. The fourth-order valence-electron chi connectivity index (χ4n) is 1.76. The quantitative estimate of drug-likeness (QED) is 0.721. The van der Waals surface area contributed by atoms with Crippen LogP contribution in [0.15, 0.2) is 36.4 Å². The molecular weight excluding hydrogens is 293 g/mol. The first-order chi connectivity index (χ1) is 9.36. The molecule has 0 bridgehead atoms. The molecule has 0 N–H and O–H groups in total. The van der Waals surface area contributed by atoms with Crippen molar-refractivity contribution in [3.05, 3.63) is 57.8 Å². The molecule has 1 aromatic heterocycles. The van der Waals surface area contributed by atoms with Gasteiger partial charge in [-0.25, -0.2) is 4.98 Å². The van der Waals surface area contributed by atoms with Gasteiger partial charge in [-0.15, -0.1) is 0 Å². The summed E-state index contributed by atoms with van der Waals surface area (Å²) in [6.45, 7) is 6.92. The number of benzene rings is 1. The summed E-state index contributed by atoms with van der Waals surface area (Å²) in [6.07, 6.45) is 0. The molecule has 0 atom stereocenters. The predicted octanol–water partition coefficient (Wildman–Crippen LogP) is 5.26. The number of halogens is 2. The van der Waals surface area contributed by atoms with E-state index in [1.807, 2.05) is 18.2 Å². The largest absolute Gasteiger partial charge is 0.489 e. The Bertz CT molecular complexity index is 588. The minimum atomic E-state index is 0.141. The van der Waals surface area contributed by atoms with E-state index < -0.39 is 0 Å². The van der Waals surface area contributed by atoms with Crippen LogP contribution in [0, 0.1) is 0 Å². The highest BCUT2D eigenvalue weighted by molar-refractivity contribution is 6.32. The van der Waals surface area contributed by atoms with Crippen molar-refractivity contribution in [2.24, 2.45) is 0 Å². The first-order valence-electron chi connectivity index (χ1n) is 6.40. The van der Waals surface area contributed by atoms with Gasteiger partial charge in [-0.2, -0.15) is 0 Å². The molecule has 0 aliphatic rings. The van der Waals surface area contributed by atoms with Crippen LogP contribution in [-0.2, 0) is 12.0 Å². The van der Waals surface area contributed by atoms with Gasteiger partial charge in [-0.3, -0.25) is 0 Å². The summed E-state index contributed by atoms with van der Waals surface area (Å²) in [5.74, 6) is 0.809. The lowest BCUT2D eigenvalue weighted by Gasteiger charge is -2.19. The highest BCUT2D eigenvalue weighted by Gasteiger charge is 2.13. The number of pyridine rings is 1. The molecule has 0 aliphatic heterocycles. The average molecular weight is 310 g/mol. The van der Waals surface area contributed by atoms with Gasteiger partial charge in [0.1, 0.15) is 22.7 Å². The number of nitrogens with zero attached hydrogens (tertiary/aromatic N) is 1. The van der Waals surface area contributed by atoms with Crippen LogP contribution in [0.1, 0.15) is 31.9 Å². The molecule has 0 radical (unpaired) electrons. The van der Waals surface area contributed by atoms with Crippen molar-refractivity contribution in [3.8, 4) is 5.75 Å². The van der Waals surface area contributed by atoms with Crippen LogP contribution in [-0.4, -0.2) is 4.98 Å². The Morgan fingerprint density at radius 3 is 2.20 bits per heavy atom. The van der Waals surface area contributed by atoms with E-state index in [2.05, 4.69) is 37.9 Å². The van der Waals surface area contributed by atoms with E-state index in [1.165, 1.54) is 5.56 Å². The number of hydrogen-bond acceptors (Lipinski definition) is 2. The molecule has 106 valence electrons. The minimum Gasteiger partial charge on any atom is -0.489 e. The molecule has 1 heterocycles. The van der Waals surface area contributed by atoms with Gasteiger partial charge in [0, 0.05) is 5.56 Å². The maximum absolute atomic E-state index is 6.01. The third kappa shape index (κ3) is 3.87. The second kappa shape index (κ2) is 6.02. The van der Waals surface area contributed by atoms with Crippen LogP contribution < -0.4 is 4.74 Å². The normalized spacial score (nSPS) is 11.4. The summed E-state index contributed by atoms with van der Waals surface area (Å²) in [4.78, 5) is 3.98. The molecule has 0 aliphatic carbocycles. The van der Waals surface area contributed by atoms with Gasteiger partial charge in [0.05, 0.1) is 0 Å². The van der Waals surface area contributed by atoms with Gasteiger partial charge in [0.2, 0.25) is 0 Å². The Balaban J connectivity index is 2.04. The summed E-state index contributed by atoms with van der Waals surface area (Å²) >= 11 is 11.8. The third-order valence-corrected chi connectivity index (χ3v) is 3.54. The van der Waals surface area contributed by atoms with Crippen LogP contribution in [0.4, 0.5) is 0 Å². The van der Waals surface area contributed by atoms with Crippen LogP contribution in [0.25, 0.3) is 0 Å². The van der Waals surface area contributed by atoms with E-state index in [9.17, 15) is 0 Å². The van der Waals surface area contributed by atoms with Gasteiger partial charge in [0.15, 0.2) is 0 Å². The van der Waals surface area contributed by atoms with Crippen molar-refractivity contribution in [2.75, 3.05) is 0 Å². The Kier molecular flexibility index (Phi) is 4.56. The molecule has 2 aromatic rings. The zero-order chi connectivity index (χ0) is 14.8. The van der Waals surface area contributed by atoms with Crippen molar-refractivity contribution in [1.82, 2.24) is 4.98 Å². The zero-order valence-corrected chi connectivity index (χ0v) is 13.3. The highest BCUT2D eigenvalue weighted by atomic mass is 35.5. The van der Waals surface area contributed by atoms with Gasteiger partial charge < -0.3 is 4.74 Å². The summed E-state index contributed by atoms with van der Waals surface area (Å²) < 4.78 is 5.71. The second-order valence-electron chi connectivity index (χ2n) is 5.65. The molecule has 2 nitrogen and oxygen atoms in total. The Morgan fingerprint density at radius 1 is 1.00 bits per heavy atom. The third-order valence-electron chi connectivity index (χ3n) is 3.01. The predicted molar refractivity (Wildman–Crippen MR) is 83.7 cm³/mol. The smallest absolute Gasteiger partial charge is 0.137 e. The Hall–Kier alpha value is -1.25. The van der Waals surface area contributed by atoms with E-state index in [4.69, 9.17) is 27.9 Å². The standard InChI is InChI=1S/C16H17Cl2NO/c1-16(2,3)12-5-7-13(8-6-12)20-10-11-4-9-14(17)19-15(11)18/h4-9H,10H2,1-3H3. The van der Waals surface area contributed by atoms with Gasteiger partial charge >= 0.3 is 0 Å². The van der Waals surface area contributed by atoms with Crippen molar-refractivity contribution >= 4 is 23.2 Å². The molecule has 4 heteroatoms. The van der Waals surface area contributed by atoms with Crippen LogP contribution >= 0.6 is 23.2 Å². The molecule has 0 saturated heterocycles. The minimum absolute atomic E-state index is 0.141. The van der Waals surface area contributed by atoms with Gasteiger partial charge in [0.25, 0.3) is 0 Å². The molecule has 0 spiro atoms. The first-order valence-corrected chi connectivity index (χ1v) is 7.16. The van der Waals surface area contributed by atoms with E-state index in [0.29, 0.717) is 16.9 Å². The summed E-state index contributed by atoms with van der Waals surface area (Å²) in [6, 6.07) is 11.6. The molecule has 20 heavy (non-hydrogen) atoms. The maximum Gasteiger partial charge on any atom is 0.137 e. The Morgan fingerprint density at radius 2 is 1.65 bits per heavy atom. The molecule has 0 amide bonds. The Labute approximate surface area is 129 Å². The summed E-state index contributed by atoms with van der Waals surface area (Å²) in [7, 11) is 0. The SMILES string of the molecule is CC(C)(C)c1ccc(OCc2ccc(Cl)nc2Cl)cc1. The van der Waals surface area contributed by atoms with E-state index in [1.54, 1.807) is 6.07 Å². The maximum atomic E-state index is 6.01. The number of aromatic nitrogens is 1. The van der Waals surface area contributed by atoms with E-state index in [0.717, 1.165) is 11.3 Å². The van der Waals surface area contributed by atoms with Crippen molar-refractivity contribution in [2.45, 2.75) is 32.8 Å². The summed E-state index contributed by atoms with van der Waals surface area (Å²) in [5, 5.41) is 0.761. The molecular formula is C16H17Cl2NO. The second-order valence-corrected chi connectivity index (χ2v) is 6.39. The van der Waals surface area contributed by atoms with Crippen molar-refractivity contribution < 1.29 is 4.74 Å². The van der Waals surface area contributed by atoms with Crippen molar-refractivity contribution in [3.63, 3.8) is 0 Å². The molecule has 0 saturated carbocycles. The van der Waals surface area contributed by atoms with Gasteiger partial charge in [-0.05, 0) is 35.2 Å². The van der Waals surface area contributed by atoms with E-state index in [-0.39, 0.29) is 5.41 Å². The van der Waals surface area contributed by atoms with Gasteiger partial charge in [-0.1, -0.05) is 56.1 Å². The molecule has 1 aromatic carbocycles. The number of hydrogen-bond donors (Lipinski definition) is 0. The summed E-state index contributed by atoms with van der Waals surface area (Å²) in [5.41, 5.74) is 2.23. The van der Waals surface area contributed by atoms with Crippen LogP contribution in [0.2, 0.25) is 10.3 Å². The fourth-order valence-corrected chi connectivity index (χ4v) is 2.16. The number of ether oxygens (including phenoxy) is 1. The van der Waals surface area contributed by atoms with Crippen molar-refractivity contribution in [1.29, 1.82) is 0 Å².